The van der Waals surface area contributed by atoms with Gasteiger partial charge in [-0.05, 0) is 19.9 Å². The lowest BCUT2D eigenvalue weighted by Gasteiger charge is -2.16. The lowest BCUT2D eigenvalue weighted by atomic mass is 10.1. The zero-order valence-corrected chi connectivity index (χ0v) is 9.13. The first-order valence-electron chi connectivity index (χ1n) is 4.92. The van der Waals surface area contributed by atoms with Crippen molar-refractivity contribution in [2.75, 3.05) is 0 Å². The van der Waals surface area contributed by atoms with E-state index < -0.39 is 23.7 Å². The summed E-state index contributed by atoms with van der Waals surface area (Å²) in [5.74, 6) is -1.71. The molecule has 1 aromatic rings. The van der Waals surface area contributed by atoms with E-state index in [0.29, 0.717) is 0 Å². The first kappa shape index (κ1) is 12.6. The number of carbonyl (C=O) groups is 1. The van der Waals surface area contributed by atoms with Crippen LogP contribution in [0.3, 0.4) is 0 Å². The highest BCUT2D eigenvalue weighted by molar-refractivity contribution is 5.81. The number of hydrogen-bond acceptors (Lipinski definition) is 2. The van der Waals surface area contributed by atoms with Crippen molar-refractivity contribution in [3.8, 4) is 0 Å². The van der Waals surface area contributed by atoms with Crippen LogP contribution < -0.4 is 11.1 Å². The molecule has 0 unspecified atom stereocenters. The monoisotopic (exact) mass is 228 g/mol. The standard InChI is InChI=1S/C11H14F2N2O/c1-6(14)11(16)15-7(2)9-4-3-8(12)5-10(9)13/h3-7H,14H2,1-2H3,(H,15,16)/t6-,7-/m1/s1. The molecule has 0 spiro atoms. The molecule has 3 nitrogen and oxygen atoms in total. The third-order valence-corrected chi connectivity index (χ3v) is 2.20. The van der Waals surface area contributed by atoms with Crippen LogP contribution in [0.2, 0.25) is 0 Å². The normalized spacial score (nSPS) is 14.3. The zero-order chi connectivity index (χ0) is 12.3. The van der Waals surface area contributed by atoms with E-state index in [2.05, 4.69) is 5.32 Å². The highest BCUT2D eigenvalue weighted by Crippen LogP contribution is 2.17. The van der Waals surface area contributed by atoms with E-state index in [1.165, 1.54) is 13.0 Å². The fraction of sp³-hybridized carbons (Fsp3) is 0.364. The van der Waals surface area contributed by atoms with Gasteiger partial charge in [0.1, 0.15) is 11.6 Å². The second-order valence-corrected chi connectivity index (χ2v) is 3.68. The molecule has 0 saturated carbocycles. The average molecular weight is 228 g/mol. The summed E-state index contributed by atoms with van der Waals surface area (Å²) in [4.78, 5) is 11.3. The van der Waals surface area contributed by atoms with Crippen LogP contribution in [0.1, 0.15) is 25.5 Å². The van der Waals surface area contributed by atoms with Gasteiger partial charge < -0.3 is 11.1 Å². The van der Waals surface area contributed by atoms with Gasteiger partial charge in [-0.3, -0.25) is 4.79 Å². The molecule has 16 heavy (non-hydrogen) atoms. The van der Waals surface area contributed by atoms with Crippen LogP contribution >= 0.6 is 0 Å². The van der Waals surface area contributed by atoms with Gasteiger partial charge >= 0.3 is 0 Å². The van der Waals surface area contributed by atoms with E-state index in [0.717, 1.165) is 12.1 Å². The van der Waals surface area contributed by atoms with Crippen LogP contribution in [-0.4, -0.2) is 11.9 Å². The van der Waals surface area contributed by atoms with Crippen molar-refractivity contribution in [1.82, 2.24) is 5.32 Å². The van der Waals surface area contributed by atoms with Gasteiger partial charge in [0, 0.05) is 11.6 Å². The van der Waals surface area contributed by atoms with Crippen molar-refractivity contribution in [3.05, 3.63) is 35.4 Å². The first-order chi connectivity index (χ1) is 7.41. The third-order valence-electron chi connectivity index (χ3n) is 2.20. The van der Waals surface area contributed by atoms with E-state index in [1.807, 2.05) is 0 Å². The van der Waals surface area contributed by atoms with Gasteiger partial charge in [-0.25, -0.2) is 8.78 Å². The Bertz CT molecular complexity index is 394. The van der Waals surface area contributed by atoms with Gasteiger partial charge in [0.2, 0.25) is 5.91 Å². The Kier molecular flexibility index (Phi) is 3.95. The molecule has 0 fully saturated rings. The van der Waals surface area contributed by atoms with E-state index >= 15 is 0 Å². The van der Waals surface area contributed by atoms with Gasteiger partial charge in [-0.2, -0.15) is 0 Å². The minimum atomic E-state index is -0.683. The van der Waals surface area contributed by atoms with Crippen LogP contribution in [0.15, 0.2) is 18.2 Å². The van der Waals surface area contributed by atoms with E-state index in [4.69, 9.17) is 5.73 Å². The summed E-state index contributed by atoms with van der Waals surface area (Å²) in [5.41, 5.74) is 5.59. The number of nitrogens with two attached hydrogens (primary N) is 1. The van der Waals surface area contributed by atoms with Crippen molar-refractivity contribution >= 4 is 5.91 Å². The maximum absolute atomic E-state index is 13.3. The number of halogens is 2. The Morgan fingerprint density at radius 2 is 2.00 bits per heavy atom. The lowest BCUT2D eigenvalue weighted by molar-refractivity contribution is -0.122. The summed E-state index contributed by atoms with van der Waals surface area (Å²) < 4.78 is 26.0. The van der Waals surface area contributed by atoms with Crippen LogP contribution in [0.4, 0.5) is 8.78 Å². The zero-order valence-electron chi connectivity index (χ0n) is 9.13. The fourth-order valence-corrected chi connectivity index (χ4v) is 1.28. The average Bonchev–Trinajstić information content (AvgIpc) is 2.16. The maximum Gasteiger partial charge on any atom is 0.237 e. The van der Waals surface area contributed by atoms with Crippen LogP contribution in [0.5, 0.6) is 0 Å². The third kappa shape index (κ3) is 3.00. The number of amides is 1. The van der Waals surface area contributed by atoms with Gasteiger partial charge in [0.05, 0.1) is 12.1 Å². The molecule has 3 N–H and O–H groups in total. The molecule has 0 aliphatic rings. The Morgan fingerprint density at radius 1 is 1.38 bits per heavy atom. The quantitative estimate of drug-likeness (QED) is 0.823. The van der Waals surface area contributed by atoms with E-state index in [9.17, 15) is 13.6 Å². The maximum atomic E-state index is 13.3. The molecule has 5 heteroatoms. The summed E-state index contributed by atoms with van der Waals surface area (Å²) >= 11 is 0. The van der Waals surface area contributed by atoms with Crippen molar-refractivity contribution < 1.29 is 13.6 Å². The molecule has 1 amide bonds. The van der Waals surface area contributed by atoms with E-state index in [-0.39, 0.29) is 11.5 Å². The highest BCUT2D eigenvalue weighted by atomic mass is 19.1. The summed E-state index contributed by atoms with van der Waals surface area (Å²) in [7, 11) is 0. The number of nitrogens with one attached hydrogen (secondary N) is 1. The van der Waals surface area contributed by atoms with Crippen LogP contribution in [0, 0.1) is 11.6 Å². The SMILES string of the molecule is C[C@@H](N)C(=O)N[C@H](C)c1ccc(F)cc1F. The van der Waals surface area contributed by atoms with Crippen molar-refractivity contribution in [1.29, 1.82) is 0 Å². The smallest absolute Gasteiger partial charge is 0.237 e. The molecule has 2 atom stereocenters. The number of hydrogen-bond donors (Lipinski definition) is 2. The second-order valence-electron chi connectivity index (χ2n) is 3.68. The number of benzene rings is 1. The Labute approximate surface area is 92.6 Å². The minimum Gasteiger partial charge on any atom is -0.348 e. The number of rotatable bonds is 3. The van der Waals surface area contributed by atoms with Crippen LogP contribution in [-0.2, 0) is 4.79 Å². The minimum absolute atomic E-state index is 0.232. The number of carbonyl (C=O) groups excluding carboxylic acids is 1. The molecule has 0 saturated heterocycles. The van der Waals surface area contributed by atoms with Crippen molar-refractivity contribution in [2.24, 2.45) is 5.73 Å². The molecule has 1 rings (SSSR count). The molecular weight excluding hydrogens is 214 g/mol. The summed E-state index contributed by atoms with van der Waals surface area (Å²) in [6, 6.07) is 2.03. The van der Waals surface area contributed by atoms with Crippen LogP contribution in [0.25, 0.3) is 0 Å². The lowest BCUT2D eigenvalue weighted by Crippen LogP contribution is -2.39. The van der Waals surface area contributed by atoms with E-state index in [1.54, 1.807) is 6.92 Å². The van der Waals surface area contributed by atoms with Gasteiger partial charge in [0.15, 0.2) is 0 Å². The predicted octanol–water partition coefficient (Wildman–Crippen LogP) is 1.49. The van der Waals surface area contributed by atoms with Gasteiger partial charge in [0.25, 0.3) is 0 Å². The molecular formula is C11H14F2N2O. The highest BCUT2D eigenvalue weighted by Gasteiger charge is 2.15. The molecule has 0 aromatic heterocycles. The molecule has 1 aromatic carbocycles. The Hall–Kier alpha value is -1.49. The van der Waals surface area contributed by atoms with Gasteiger partial charge in [-0.1, -0.05) is 6.07 Å². The summed E-state index contributed by atoms with van der Waals surface area (Å²) in [5, 5.41) is 2.53. The molecule has 88 valence electrons. The van der Waals surface area contributed by atoms with Gasteiger partial charge in [-0.15, -0.1) is 0 Å². The van der Waals surface area contributed by atoms with Crippen molar-refractivity contribution in [3.63, 3.8) is 0 Å². The molecule has 0 bridgehead atoms. The Balaban J connectivity index is 2.80. The predicted molar refractivity (Wildman–Crippen MR) is 56.6 cm³/mol. The molecule has 0 aliphatic carbocycles. The topological polar surface area (TPSA) is 55.1 Å². The van der Waals surface area contributed by atoms with Crippen molar-refractivity contribution in [2.45, 2.75) is 25.9 Å². The fourth-order valence-electron chi connectivity index (χ4n) is 1.28. The second kappa shape index (κ2) is 5.03. The Morgan fingerprint density at radius 3 is 2.50 bits per heavy atom. The molecule has 0 aliphatic heterocycles. The summed E-state index contributed by atoms with van der Waals surface area (Å²) in [6.07, 6.45) is 0. The first-order valence-corrected chi connectivity index (χ1v) is 4.92. The molecule has 0 radical (unpaired) electrons. The molecule has 0 heterocycles. The summed E-state index contributed by atoms with van der Waals surface area (Å²) in [6.45, 7) is 3.14. The largest absolute Gasteiger partial charge is 0.348 e.